The summed E-state index contributed by atoms with van der Waals surface area (Å²) in [6.07, 6.45) is 0. The molecule has 0 unspecified atom stereocenters. The minimum atomic E-state index is -3.95. The normalized spacial score (nSPS) is 11.1. The van der Waals surface area contributed by atoms with Gasteiger partial charge in [0.15, 0.2) is 0 Å². The van der Waals surface area contributed by atoms with E-state index < -0.39 is 14.9 Å². The fourth-order valence-electron chi connectivity index (χ4n) is 1.54. The third-order valence-corrected chi connectivity index (χ3v) is 4.44. The average Bonchev–Trinajstić information content (AvgIpc) is 2.43. The van der Waals surface area contributed by atoms with E-state index >= 15 is 0 Å². The number of rotatable bonds is 4. The molecule has 0 saturated heterocycles. The molecule has 2 N–H and O–H groups in total. The van der Waals surface area contributed by atoms with Crippen LogP contribution < -0.4 is 4.72 Å². The number of anilines is 1. The number of nitrogens with one attached hydrogen (secondary N) is 1. The molecule has 0 aliphatic rings. The molecule has 0 aromatic heterocycles. The van der Waals surface area contributed by atoms with Crippen molar-refractivity contribution in [3.63, 3.8) is 0 Å². The number of benzene rings is 2. The molecule has 2 aromatic carbocycles. The lowest BCUT2D eigenvalue weighted by atomic mass is 10.3. The standard InChI is InChI=1S/C12H9BrN2O5S/c13-8-1-6-12(16)11(7-8)14-21(19,20)10-4-2-9(3-5-10)15(17)18/h1-7,14,16H. The Morgan fingerprint density at radius 3 is 2.33 bits per heavy atom. The molecule has 0 amide bonds. The molecular formula is C12H9BrN2O5S. The Morgan fingerprint density at radius 2 is 1.76 bits per heavy atom. The van der Waals surface area contributed by atoms with E-state index in [9.17, 15) is 23.6 Å². The highest BCUT2D eigenvalue weighted by Gasteiger charge is 2.17. The molecule has 0 fully saturated rings. The molecule has 21 heavy (non-hydrogen) atoms. The number of hydrogen-bond acceptors (Lipinski definition) is 5. The number of nitrogens with zero attached hydrogens (tertiary/aromatic N) is 1. The van der Waals surface area contributed by atoms with Gasteiger partial charge in [0.25, 0.3) is 15.7 Å². The summed E-state index contributed by atoms with van der Waals surface area (Å²) >= 11 is 3.16. The van der Waals surface area contributed by atoms with Crippen LogP contribution in [0.25, 0.3) is 0 Å². The molecule has 2 aromatic rings. The van der Waals surface area contributed by atoms with Gasteiger partial charge in [-0.2, -0.15) is 0 Å². The lowest BCUT2D eigenvalue weighted by Crippen LogP contribution is -2.13. The van der Waals surface area contributed by atoms with Crippen LogP contribution in [0.5, 0.6) is 5.75 Å². The fraction of sp³-hybridized carbons (Fsp3) is 0. The van der Waals surface area contributed by atoms with Crippen molar-refractivity contribution < 1.29 is 18.4 Å². The van der Waals surface area contributed by atoms with E-state index in [1.165, 1.54) is 12.1 Å². The average molecular weight is 373 g/mol. The van der Waals surface area contributed by atoms with E-state index in [1.54, 1.807) is 6.07 Å². The third-order valence-electron chi connectivity index (χ3n) is 2.56. The van der Waals surface area contributed by atoms with Gasteiger partial charge in [-0.15, -0.1) is 0 Å². The number of non-ortho nitro benzene ring substituents is 1. The van der Waals surface area contributed by atoms with Crippen molar-refractivity contribution in [2.75, 3.05) is 4.72 Å². The molecule has 0 aliphatic carbocycles. The number of phenolic OH excluding ortho intramolecular Hbond substituents is 1. The molecule has 0 saturated carbocycles. The van der Waals surface area contributed by atoms with Gasteiger partial charge in [-0.25, -0.2) is 8.42 Å². The summed E-state index contributed by atoms with van der Waals surface area (Å²) in [6, 6.07) is 8.71. The van der Waals surface area contributed by atoms with Crippen LogP contribution in [0.1, 0.15) is 0 Å². The van der Waals surface area contributed by atoms with Gasteiger partial charge in [0, 0.05) is 16.6 Å². The second-order valence-electron chi connectivity index (χ2n) is 4.02. The first-order valence-electron chi connectivity index (χ1n) is 5.55. The highest BCUT2D eigenvalue weighted by Crippen LogP contribution is 2.29. The van der Waals surface area contributed by atoms with Gasteiger partial charge >= 0.3 is 0 Å². The van der Waals surface area contributed by atoms with Crippen molar-refractivity contribution in [2.45, 2.75) is 4.90 Å². The summed E-state index contributed by atoms with van der Waals surface area (Å²) in [6.45, 7) is 0. The largest absolute Gasteiger partial charge is 0.506 e. The predicted molar refractivity (Wildman–Crippen MR) is 79.7 cm³/mol. The van der Waals surface area contributed by atoms with Gasteiger partial charge in [0.05, 0.1) is 15.5 Å². The smallest absolute Gasteiger partial charge is 0.269 e. The van der Waals surface area contributed by atoms with Crippen LogP contribution in [0.4, 0.5) is 11.4 Å². The molecule has 0 aliphatic heterocycles. The molecule has 0 heterocycles. The summed E-state index contributed by atoms with van der Waals surface area (Å²) in [5.41, 5.74) is -0.206. The summed E-state index contributed by atoms with van der Waals surface area (Å²) in [4.78, 5) is 9.77. The van der Waals surface area contributed by atoms with E-state index in [0.717, 1.165) is 24.3 Å². The van der Waals surface area contributed by atoms with Crippen LogP contribution in [-0.4, -0.2) is 18.4 Å². The van der Waals surface area contributed by atoms with E-state index in [4.69, 9.17) is 0 Å². The van der Waals surface area contributed by atoms with Crippen LogP contribution >= 0.6 is 15.9 Å². The highest BCUT2D eigenvalue weighted by molar-refractivity contribution is 9.10. The van der Waals surface area contributed by atoms with Gasteiger partial charge in [-0.05, 0) is 30.3 Å². The summed E-state index contributed by atoms with van der Waals surface area (Å²) < 4.78 is 27.1. The Balaban J connectivity index is 2.34. The fourth-order valence-corrected chi connectivity index (χ4v) is 2.97. The highest BCUT2D eigenvalue weighted by atomic mass is 79.9. The number of aromatic hydroxyl groups is 1. The topological polar surface area (TPSA) is 110 Å². The Hall–Kier alpha value is -2.13. The van der Waals surface area contributed by atoms with Crippen LogP contribution in [0.2, 0.25) is 0 Å². The monoisotopic (exact) mass is 372 g/mol. The Kier molecular flexibility index (Phi) is 4.14. The molecule has 2 rings (SSSR count). The lowest BCUT2D eigenvalue weighted by molar-refractivity contribution is -0.384. The first kappa shape index (κ1) is 15.3. The van der Waals surface area contributed by atoms with Crippen molar-refractivity contribution in [1.29, 1.82) is 0 Å². The second-order valence-corrected chi connectivity index (χ2v) is 6.62. The molecule has 0 bridgehead atoms. The SMILES string of the molecule is O=[N+]([O-])c1ccc(S(=O)(=O)Nc2cc(Br)ccc2O)cc1. The zero-order valence-electron chi connectivity index (χ0n) is 10.4. The number of nitro benzene ring substituents is 1. The summed E-state index contributed by atoms with van der Waals surface area (Å²) in [5, 5.41) is 20.2. The summed E-state index contributed by atoms with van der Waals surface area (Å²) in [7, 11) is -3.95. The van der Waals surface area contributed by atoms with Crippen molar-refractivity contribution >= 4 is 37.3 Å². The van der Waals surface area contributed by atoms with Crippen LogP contribution in [-0.2, 0) is 10.0 Å². The minimum absolute atomic E-state index is 0.00253. The third kappa shape index (κ3) is 3.50. The van der Waals surface area contributed by atoms with Gasteiger partial charge < -0.3 is 5.11 Å². The number of halogens is 1. The minimum Gasteiger partial charge on any atom is -0.506 e. The van der Waals surface area contributed by atoms with Crippen molar-refractivity contribution in [1.82, 2.24) is 0 Å². The van der Waals surface area contributed by atoms with E-state index in [2.05, 4.69) is 20.7 Å². The number of phenols is 1. The lowest BCUT2D eigenvalue weighted by Gasteiger charge is -2.09. The van der Waals surface area contributed by atoms with Crippen LogP contribution in [0, 0.1) is 10.1 Å². The zero-order valence-corrected chi connectivity index (χ0v) is 12.8. The predicted octanol–water partition coefficient (Wildman–Crippen LogP) is 2.86. The Labute approximate surface area is 128 Å². The van der Waals surface area contributed by atoms with Gasteiger partial charge in [-0.1, -0.05) is 15.9 Å². The maximum absolute atomic E-state index is 12.1. The Morgan fingerprint density at radius 1 is 1.14 bits per heavy atom. The maximum Gasteiger partial charge on any atom is 0.269 e. The molecule has 0 spiro atoms. The number of hydrogen-bond donors (Lipinski definition) is 2. The van der Waals surface area contributed by atoms with Crippen LogP contribution in [0.15, 0.2) is 51.8 Å². The molecule has 7 nitrogen and oxygen atoms in total. The Bertz CT molecular complexity index is 790. The van der Waals surface area contributed by atoms with Crippen molar-refractivity contribution in [2.24, 2.45) is 0 Å². The van der Waals surface area contributed by atoms with Gasteiger partial charge in [-0.3, -0.25) is 14.8 Å². The molecule has 0 atom stereocenters. The first-order chi connectivity index (χ1) is 9.79. The number of sulfonamides is 1. The zero-order chi connectivity index (χ0) is 15.6. The van der Waals surface area contributed by atoms with Gasteiger partial charge in [0.2, 0.25) is 0 Å². The maximum atomic E-state index is 12.1. The quantitative estimate of drug-likeness (QED) is 0.487. The van der Waals surface area contributed by atoms with Gasteiger partial charge in [0.1, 0.15) is 5.75 Å². The molecular weight excluding hydrogens is 364 g/mol. The molecule has 0 radical (unpaired) electrons. The number of nitro groups is 1. The van der Waals surface area contributed by atoms with Crippen molar-refractivity contribution in [3.05, 3.63) is 57.1 Å². The van der Waals surface area contributed by atoms with E-state index in [-0.39, 0.29) is 22.0 Å². The van der Waals surface area contributed by atoms with Crippen molar-refractivity contribution in [3.8, 4) is 5.75 Å². The first-order valence-corrected chi connectivity index (χ1v) is 7.83. The molecule has 110 valence electrons. The van der Waals surface area contributed by atoms with E-state index in [0.29, 0.717) is 4.47 Å². The van der Waals surface area contributed by atoms with E-state index in [1.807, 2.05) is 0 Å². The van der Waals surface area contributed by atoms with Crippen LogP contribution in [0.3, 0.4) is 0 Å². The molecule has 9 heteroatoms. The second kappa shape index (κ2) is 5.70. The summed E-state index contributed by atoms with van der Waals surface area (Å²) in [5.74, 6) is -0.233.